The number of halogens is 7. The molecular weight excluding hydrogens is 485 g/mol. The highest BCUT2D eigenvalue weighted by atomic mass is 19.4. The van der Waals surface area contributed by atoms with Crippen LogP contribution >= 0.6 is 0 Å². The van der Waals surface area contributed by atoms with Gasteiger partial charge in [-0.1, -0.05) is 69.0 Å². The van der Waals surface area contributed by atoms with Crippen LogP contribution in [-0.2, 0) is 0 Å². The van der Waals surface area contributed by atoms with Crippen LogP contribution in [0, 0.1) is 11.7 Å². The second-order valence-corrected chi connectivity index (χ2v) is 9.46. The lowest BCUT2D eigenvalue weighted by molar-refractivity contribution is -0.304. The highest BCUT2D eigenvalue weighted by Gasteiger charge is 2.59. The number of hydrogen-bond acceptors (Lipinski definition) is 1. The molecule has 2 aromatic rings. The molecule has 0 spiro atoms. The first-order valence-electron chi connectivity index (χ1n) is 12.3. The van der Waals surface area contributed by atoms with Gasteiger partial charge in [0.15, 0.2) is 0 Å². The van der Waals surface area contributed by atoms with Crippen LogP contribution in [0.1, 0.15) is 80.9 Å². The van der Waals surface area contributed by atoms with Crippen LogP contribution in [0.2, 0.25) is 0 Å². The SMILES string of the molecule is CCCCCC1CCC(c2ccc(/C=C/c3ccc(OC(F)(F)C(F)C(F)(F)F)cc3)c(F)c2)CC1. The molecule has 198 valence electrons. The minimum atomic E-state index is -5.75. The number of alkyl halides is 6. The Kier molecular flexibility index (Phi) is 9.47. The van der Waals surface area contributed by atoms with Crippen molar-refractivity contribution in [3.8, 4) is 5.75 Å². The van der Waals surface area contributed by atoms with Crippen molar-refractivity contribution >= 4 is 12.2 Å². The van der Waals surface area contributed by atoms with E-state index in [-0.39, 0.29) is 5.82 Å². The van der Waals surface area contributed by atoms with Crippen LogP contribution in [0.25, 0.3) is 12.2 Å². The van der Waals surface area contributed by atoms with E-state index in [4.69, 9.17) is 0 Å². The Morgan fingerprint density at radius 3 is 2.17 bits per heavy atom. The Labute approximate surface area is 207 Å². The molecule has 8 heteroatoms. The molecule has 2 aromatic carbocycles. The summed E-state index contributed by atoms with van der Waals surface area (Å²) in [5, 5.41) is 0. The lowest BCUT2D eigenvalue weighted by Crippen LogP contribution is -2.45. The summed E-state index contributed by atoms with van der Waals surface area (Å²) in [4.78, 5) is 0. The smallest absolute Gasteiger partial charge is 0.430 e. The Hall–Kier alpha value is -2.51. The quantitative estimate of drug-likeness (QED) is 0.174. The van der Waals surface area contributed by atoms with Gasteiger partial charge >= 0.3 is 12.3 Å². The predicted octanol–water partition coefficient (Wildman–Crippen LogP) is 9.72. The average molecular weight is 517 g/mol. The molecule has 0 saturated heterocycles. The summed E-state index contributed by atoms with van der Waals surface area (Å²) < 4.78 is 95.1. The van der Waals surface area contributed by atoms with Crippen molar-refractivity contribution < 1.29 is 35.5 Å². The standard InChI is InChI=1S/C28H31F7O/c1-2-3-4-5-19-6-11-21(12-7-19)23-15-14-22(25(29)18-23)13-8-20-9-16-24(17-10-20)36-28(34,35)26(30)27(31,32)33/h8-10,13-19,21,26H,2-7,11-12H2,1H3/b13-8+. The monoisotopic (exact) mass is 516 g/mol. The first-order chi connectivity index (χ1) is 17.0. The largest absolute Gasteiger partial charge is 0.439 e. The molecule has 1 unspecified atom stereocenters. The molecule has 36 heavy (non-hydrogen) atoms. The molecule has 1 aliphatic rings. The van der Waals surface area contributed by atoms with Gasteiger partial charge < -0.3 is 4.74 Å². The minimum Gasteiger partial charge on any atom is -0.430 e. The fraction of sp³-hybridized carbons (Fsp3) is 0.500. The molecule has 0 radical (unpaired) electrons. The van der Waals surface area contributed by atoms with Gasteiger partial charge in [0.2, 0.25) is 0 Å². The van der Waals surface area contributed by atoms with Gasteiger partial charge in [0, 0.05) is 5.56 Å². The van der Waals surface area contributed by atoms with Gasteiger partial charge in [0.25, 0.3) is 6.17 Å². The van der Waals surface area contributed by atoms with Crippen molar-refractivity contribution in [2.75, 3.05) is 0 Å². The maximum Gasteiger partial charge on any atom is 0.439 e. The fourth-order valence-electron chi connectivity index (χ4n) is 4.63. The van der Waals surface area contributed by atoms with Crippen LogP contribution in [0.5, 0.6) is 5.75 Å². The third-order valence-corrected chi connectivity index (χ3v) is 6.73. The topological polar surface area (TPSA) is 9.23 Å². The molecule has 0 amide bonds. The maximum atomic E-state index is 14.7. The summed E-state index contributed by atoms with van der Waals surface area (Å²) in [6.45, 7) is 2.20. The summed E-state index contributed by atoms with van der Waals surface area (Å²) in [5.41, 5.74) is 1.82. The molecule has 0 N–H and O–H groups in total. The Morgan fingerprint density at radius 1 is 0.917 bits per heavy atom. The van der Waals surface area contributed by atoms with Gasteiger partial charge in [-0.15, -0.1) is 0 Å². The van der Waals surface area contributed by atoms with Crippen molar-refractivity contribution in [2.24, 2.45) is 5.92 Å². The van der Waals surface area contributed by atoms with Gasteiger partial charge in [0.1, 0.15) is 11.6 Å². The first-order valence-corrected chi connectivity index (χ1v) is 12.3. The molecule has 1 atom stereocenters. The summed E-state index contributed by atoms with van der Waals surface area (Å²) in [5.74, 6) is 0.132. The third-order valence-electron chi connectivity index (χ3n) is 6.73. The van der Waals surface area contributed by atoms with Gasteiger partial charge in [-0.3, -0.25) is 0 Å². The van der Waals surface area contributed by atoms with Crippen molar-refractivity contribution in [3.05, 3.63) is 65.0 Å². The number of hydrogen-bond donors (Lipinski definition) is 0. The molecule has 0 aliphatic heterocycles. The fourth-order valence-corrected chi connectivity index (χ4v) is 4.63. The maximum absolute atomic E-state index is 14.7. The van der Waals surface area contributed by atoms with Crippen molar-refractivity contribution in [2.45, 2.75) is 82.7 Å². The van der Waals surface area contributed by atoms with E-state index >= 15 is 0 Å². The summed E-state index contributed by atoms with van der Waals surface area (Å²) in [7, 11) is 0. The molecule has 0 bridgehead atoms. The number of benzene rings is 2. The van der Waals surface area contributed by atoms with Gasteiger partial charge in [0.05, 0.1) is 0 Å². The second kappa shape index (κ2) is 12.2. The normalized spacial score (nSPS) is 20.0. The predicted molar refractivity (Wildman–Crippen MR) is 127 cm³/mol. The zero-order valence-corrected chi connectivity index (χ0v) is 20.1. The molecule has 0 aromatic heterocycles. The van der Waals surface area contributed by atoms with Gasteiger partial charge in [-0.25, -0.2) is 8.78 Å². The number of ether oxygens (including phenoxy) is 1. The average Bonchev–Trinajstić information content (AvgIpc) is 2.83. The molecule has 1 saturated carbocycles. The highest BCUT2D eigenvalue weighted by molar-refractivity contribution is 5.70. The lowest BCUT2D eigenvalue weighted by Gasteiger charge is -2.29. The molecule has 1 nitrogen and oxygen atoms in total. The van der Waals surface area contributed by atoms with Crippen molar-refractivity contribution in [3.63, 3.8) is 0 Å². The van der Waals surface area contributed by atoms with Crippen LogP contribution in [0.15, 0.2) is 42.5 Å². The number of unbranched alkanes of at least 4 members (excludes halogenated alkanes) is 2. The highest BCUT2D eigenvalue weighted by Crippen LogP contribution is 2.39. The Morgan fingerprint density at radius 2 is 1.58 bits per heavy atom. The molecule has 1 aliphatic carbocycles. The van der Waals surface area contributed by atoms with Gasteiger partial charge in [-0.05, 0) is 66.8 Å². The van der Waals surface area contributed by atoms with Crippen LogP contribution in [0.4, 0.5) is 30.7 Å². The van der Waals surface area contributed by atoms with Crippen LogP contribution in [0.3, 0.4) is 0 Å². The summed E-state index contributed by atoms with van der Waals surface area (Å²) in [6.07, 6.45) is -2.68. The zero-order valence-electron chi connectivity index (χ0n) is 20.1. The van der Waals surface area contributed by atoms with Gasteiger partial charge in [-0.2, -0.15) is 22.0 Å². The lowest BCUT2D eigenvalue weighted by atomic mass is 9.77. The Bertz CT molecular complexity index is 990. The van der Waals surface area contributed by atoms with E-state index in [9.17, 15) is 30.7 Å². The number of rotatable bonds is 10. The van der Waals surface area contributed by atoms with E-state index in [0.29, 0.717) is 17.0 Å². The van der Waals surface area contributed by atoms with Crippen molar-refractivity contribution in [1.29, 1.82) is 0 Å². The van der Waals surface area contributed by atoms with E-state index < -0.39 is 24.2 Å². The van der Waals surface area contributed by atoms with Crippen LogP contribution < -0.4 is 4.74 Å². The van der Waals surface area contributed by atoms with E-state index in [1.54, 1.807) is 12.1 Å². The molecule has 1 fully saturated rings. The minimum absolute atomic E-state index is 0.351. The first kappa shape index (κ1) is 28.1. The Balaban J connectivity index is 1.57. The van der Waals surface area contributed by atoms with E-state index in [2.05, 4.69) is 11.7 Å². The summed E-state index contributed by atoms with van der Waals surface area (Å²) in [6, 6.07) is 9.78. The van der Waals surface area contributed by atoms with E-state index in [1.807, 2.05) is 6.07 Å². The molecule has 3 rings (SSSR count). The third kappa shape index (κ3) is 7.74. The van der Waals surface area contributed by atoms with Crippen LogP contribution in [-0.4, -0.2) is 18.5 Å². The van der Waals surface area contributed by atoms with E-state index in [1.165, 1.54) is 62.8 Å². The van der Waals surface area contributed by atoms with E-state index in [0.717, 1.165) is 36.5 Å². The second-order valence-electron chi connectivity index (χ2n) is 9.46. The molecular formula is C28H31F7O. The molecule has 0 heterocycles. The zero-order chi connectivity index (χ0) is 26.3. The van der Waals surface area contributed by atoms with Crippen molar-refractivity contribution in [1.82, 2.24) is 0 Å². The summed E-state index contributed by atoms with van der Waals surface area (Å²) >= 11 is 0.